The number of hydrogen-bond acceptors (Lipinski definition) is 3. The van der Waals surface area contributed by atoms with Crippen LogP contribution in [0.15, 0.2) is 0 Å². The Morgan fingerprint density at radius 3 is 1.17 bits per heavy atom. The Balaban J connectivity index is 5.21. The summed E-state index contributed by atoms with van der Waals surface area (Å²) in [4.78, 5) is 0. The summed E-state index contributed by atoms with van der Waals surface area (Å²) in [5, 5.41) is 0. The second kappa shape index (κ2) is 6.65. The third kappa shape index (κ3) is 6.47. The van der Waals surface area contributed by atoms with Crippen LogP contribution in [-0.2, 0) is 9.05 Å². The highest BCUT2D eigenvalue weighted by atomic mass is 31.2. The molecule has 0 saturated carbocycles. The maximum Gasteiger partial charge on any atom is 0.260 e. The van der Waals surface area contributed by atoms with Gasteiger partial charge in [-0.1, -0.05) is 0 Å². The van der Waals surface area contributed by atoms with E-state index in [0.717, 1.165) is 0 Å². The molecule has 0 N–H and O–H groups in total. The second-order valence-corrected chi connectivity index (χ2v) is 8.50. The molecule has 0 amide bonds. The van der Waals surface area contributed by atoms with Crippen molar-refractivity contribution in [2.24, 2.45) is 0 Å². The zero-order chi connectivity index (χ0) is 14.7. The van der Waals surface area contributed by atoms with Gasteiger partial charge in [0.15, 0.2) is 0 Å². The predicted molar refractivity (Wildman–Crippen MR) is 80.7 cm³/mol. The van der Waals surface area contributed by atoms with Crippen LogP contribution in [0, 0.1) is 0 Å². The Morgan fingerprint density at radius 2 is 1.00 bits per heavy atom. The van der Waals surface area contributed by atoms with Crippen LogP contribution in [0.3, 0.4) is 0 Å². The van der Waals surface area contributed by atoms with Crippen molar-refractivity contribution in [1.82, 2.24) is 4.67 Å². The molecule has 0 saturated heterocycles. The van der Waals surface area contributed by atoms with E-state index in [0.29, 0.717) is 0 Å². The zero-order valence-corrected chi connectivity index (χ0v) is 14.8. The van der Waals surface area contributed by atoms with E-state index in [1.807, 2.05) is 0 Å². The summed E-state index contributed by atoms with van der Waals surface area (Å²) >= 11 is 0. The van der Waals surface area contributed by atoms with Crippen molar-refractivity contribution in [3.8, 4) is 0 Å². The molecule has 0 atom stereocenters. The molecule has 110 valence electrons. The van der Waals surface area contributed by atoms with Gasteiger partial charge < -0.3 is 9.05 Å². The molecule has 0 unspecified atom stereocenters. The SMILES string of the molecule is CC(C)OP(OC(C)C)N(C(C)(C)C)C(C)(C)C. The molecule has 0 aliphatic rings. The third-order valence-electron chi connectivity index (χ3n) is 2.04. The van der Waals surface area contributed by atoms with Gasteiger partial charge in [0.25, 0.3) is 8.53 Å². The van der Waals surface area contributed by atoms with Crippen LogP contribution in [0.1, 0.15) is 69.2 Å². The topological polar surface area (TPSA) is 21.7 Å². The van der Waals surface area contributed by atoms with Gasteiger partial charge in [-0.2, -0.15) is 0 Å². The lowest BCUT2D eigenvalue weighted by Gasteiger charge is -2.48. The Kier molecular flexibility index (Phi) is 6.77. The quantitative estimate of drug-likeness (QED) is 0.663. The minimum absolute atomic E-state index is 0.00767. The summed E-state index contributed by atoms with van der Waals surface area (Å²) in [6.45, 7) is 21.5. The van der Waals surface area contributed by atoms with E-state index in [2.05, 4.69) is 73.9 Å². The molecule has 0 aliphatic carbocycles. The second-order valence-electron chi connectivity index (χ2n) is 7.20. The number of hydrogen-bond donors (Lipinski definition) is 0. The third-order valence-corrected chi connectivity index (χ3v) is 4.77. The highest BCUT2D eigenvalue weighted by Crippen LogP contribution is 2.53. The van der Waals surface area contributed by atoms with Gasteiger partial charge in [-0.15, -0.1) is 0 Å². The lowest BCUT2D eigenvalue weighted by Crippen LogP contribution is -2.50. The largest absolute Gasteiger partial charge is 0.319 e. The van der Waals surface area contributed by atoms with Crippen molar-refractivity contribution in [3.05, 3.63) is 0 Å². The first-order valence-corrected chi connectivity index (χ1v) is 7.92. The molecular formula is C14H32NO2P. The van der Waals surface area contributed by atoms with Crippen molar-refractivity contribution in [3.63, 3.8) is 0 Å². The van der Waals surface area contributed by atoms with E-state index in [4.69, 9.17) is 9.05 Å². The molecule has 0 heterocycles. The van der Waals surface area contributed by atoms with Crippen molar-refractivity contribution in [2.45, 2.75) is 92.5 Å². The molecule has 3 nitrogen and oxygen atoms in total. The van der Waals surface area contributed by atoms with Crippen molar-refractivity contribution >= 4 is 8.53 Å². The maximum absolute atomic E-state index is 6.04. The fourth-order valence-corrected chi connectivity index (χ4v) is 3.92. The highest BCUT2D eigenvalue weighted by molar-refractivity contribution is 7.44. The summed E-state index contributed by atoms with van der Waals surface area (Å²) in [5.74, 6) is 0. The first-order chi connectivity index (χ1) is 7.85. The average Bonchev–Trinajstić information content (AvgIpc) is 1.93. The minimum atomic E-state index is -1.05. The van der Waals surface area contributed by atoms with Gasteiger partial charge in [-0.3, -0.25) is 0 Å². The van der Waals surface area contributed by atoms with E-state index >= 15 is 0 Å². The smallest absolute Gasteiger partial charge is 0.260 e. The van der Waals surface area contributed by atoms with Crippen LogP contribution in [0.25, 0.3) is 0 Å². The van der Waals surface area contributed by atoms with Gasteiger partial charge >= 0.3 is 0 Å². The normalized spacial score (nSPS) is 14.3. The molecule has 18 heavy (non-hydrogen) atoms. The van der Waals surface area contributed by atoms with Crippen LogP contribution >= 0.6 is 8.53 Å². The first-order valence-electron chi connectivity index (χ1n) is 6.79. The molecule has 4 heteroatoms. The van der Waals surface area contributed by atoms with Crippen molar-refractivity contribution < 1.29 is 9.05 Å². The first kappa shape index (κ1) is 18.3. The summed E-state index contributed by atoms with van der Waals surface area (Å²) in [6.07, 6.45) is 0.337. The van der Waals surface area contributed by atoms with E-state index < -0.39 is 8.53 Å². The lowest BCUT2D eigenvalue weighted by atomic mass is 10.0. The Bertz CT molecular complexity index is 217. The molecule has 0 aromatic rings. The number of nitrogens with zero attached hydrogens (tertiary/aromatic N) is 1. The fraction of sp³-hybridized carbons (Fsp3) is 1.00. The average molecular weight is 277 g/mol. The van der Waals surface area contributed by atoms with Crippen molar-refractivity contribution in [2.75, 3.05) is 0 Å². The van der Waals surface area contributed by atoms with Gasteiger partial charge in [0.1, 0.15) is 0 Å². The van der Waals surface area contributed by atoms with Crippen LogP contribution in [0.4, 0.5) is 0 Å². The molecule has 0 radical (unpaired) electrons. The summed E-state index contributed by atoms with van der Waals surface area (Å²) in [7, 11) is -1.05. The lowest BCUT2D eigenvalue weighted by molar-refractivity contribution is 0.0689. The standard InChI is InChI=1S/C14H32NO2P/c1-11(2)16-18(17-12(3)4)15(13(5,6)7)14(8,9)10/h11-12H,1-10H3. The molecule has 0 aromatic carbocycles. The van der Waals surface area contributed by atoms with E-state index in [9.17, 15) is 0 Å². The molecule has 0 aromatic heterocycles. The van der Waals surface area contributed by atoms with Gasteiger partial charge in [0.2, 0.25) is 0 Å². The van der Waals surface area contributed by atoms with Crippen LogP contribution in [0.5, 0.6) is 0 Å². The van der Waals surface area contributed by atoms with E-state index in [1.165, 1.54) is 0 Å². The Labute approximate surface area is 115 Å². The molecule has 0 fully saturated rings. The number of rotatable bonds is 5. The summed E-state index contributed by atoms with van der Waals surface area (Å²) in [6, 6.07) is 0. The zero-order valence-electron chi connectivity index (χ0n) is 13.9. The molecule has 0 spiro atoms. The molecular weight excluding hydrogens is 245 g/mol. The van der Waals surface area contributed by atoms with Gasteiger partial charge in [-0.25, -0.2) is 4.67 Å². The molecule has 0 aliphatic heterocycles. The van der Waals surface area contributed by atoms with Gasteiger partial charge in [0, 0.05) is 11.1 Å². The van der Waals surface area contributed by atoms with Crippen LogP contribution in [-0.4, -0.2) is 28.0 Å². The maximum atomic E-state index is 6.04. The summed E-state index contributed by atoms with van der Waals surface area (Å²) < 4.78 is 14.4. The minimum Gasteiger partial charge on any atom is -0.319 e. The van der Waals surface area contributed by atoms with Crippen LogP contribution in [0.2, 0.25) is 0 Å². The van der Waals surface area contributed by atoms with E-state index in [1.54, 1.807) is 0 Å². The summed E-state index contributed by atoms with van der Waals surface area (Å²) in [5.41, 5.74) is 0.0153. The van der Waals surface area contributed by atoms with Crippen molar-refractivity contribution in [1.29, 1.82) is 0 Å². The van der Waals surface area contributed by atoms with E-state index in [-0.39, 0.29) is 23.3 Å². The monoisotopic (exact) mass is 277 g/mol. The van der Waals surface area contributed by atoms with Gasteiger partial charge in [0.05, 0.1) is 12.2 Å². The predicted octanol–water partition coefficient (Wildman–Crippen LogP) is 4.96. The molecule has 0 bridgehead atoms. The highest BCUT2D eigenvalue weighted by Gasteiger charge is 2.40. The molecule has 0 rings (SSSR count). The van der Waals surface area contributed by atoms with Gasteiger partial charge in [-0.05, 0) is 69.2 Å². The Hall–Kier alpha value is 0.310. The fourth-order valence-electron chi connectivity index (χ4n) is 1.98. The Morgan fingerprint density at radius 1 is 0.722 bits per heavy atom. The van der Waals surface area contributed by atoms with Crippen LogP contribution < -0.4 is 0 Å².